The van der Waals surface area contributed by atoms with E-state index in [4.69, 9.17) is 19.3 Å². The van der Waals surface area contributed by atoms with E-state index in [9.17, 15) is 19.2 Å². The molecular formula is C34H40N4O8. The van der Waals surface area contributed by atoms with Gasteiger partial charge in [-0.1, -0.05) is 30.3 Å². The van der Waals surface area contributed by atoms with E-state index in [0.717, 1.165) is 23.2 Å². The van der Waals surface area contributed by atoms with Gasteiger partial charge in [0.15, 0.2) is 12.9 Å². The van der Waals surface area contributed by atoms with Gasteiger partial charge in [-0.05, 0) is 73.4 Å². The highest BCUT2D eigenvalue weighted by atomic mass is 16.7. The Hall–Kier alpha value is -4.94. The maximum atomic E-state index is 13.6. The minimum Gasteiger partial charge on any atom is -0.482 e. The molecule has 0 bridgehead atoms. The van der Waals surface area contributed by atoms with Crippen LogP contribution >= 0.6 is 0 Å². The number of urea groups is 1. The predicted molar refractivity (Wildman–Crippen MR) is 173 cm³/mol. The van der Waals surface area contributed by atoms with Gasteiger partial charge in [-0.15, -0.1) is 0 Å². The molecule has 244 valence electrons. The Morgan fingerprint density at radius 1 is 0.935 bits per heavy atom. The third-order valence-corrected chi connectivity index (χ3v) is 7.20. The van der Waals surface area contributed by atoms with Crippen molar-refractivity contribution in [3.63, 3.8) is 0 Å². The Morgan fingerprint density at radius 3 is 2.37 bits per heavy atom. The number of hydrogen-bond acceptors (Lipinski definition) is 7. The number of carboxylic acid groups (broad SMARTS) is 1. The van der Waals surface area contributed by atoms with Crippen molar-refractivity contribution < 1.29 is 38.5 Å². The Balaban J connectivity index is 1.45. The average Bonchev–Trinajstić information content (AvgIpc) is 3.02. The Bertz CT molecular complexity index is 1520. The van der Waals surface area contributed by atoms with E-state index in [1.54, 1.807) is 55.6 Å². The van der Waals surface area contributed by atoms with Gasteiger partial charge in [0.1, 0.15) is 5.75 Å². The Labute approximate surface area is 268 Å². The molecule has 0 spiro atoms. The second kappa shape index (κ2) is 16.4. The van der Waals surface area contributed by atoms with Gasteiger partial charge in [0.05, 0.1) is 31.9 Å². The van der Waals surface area contributed by atoms with E-state index >= 15 is 0 Å². The highest BCUT2D eigenvalue weighted by Crippen LogP contribution is 2.29. The summed E-state index contributed by atoms with van der Waals surface area (Å²) in [6.07, 6.45) is 0.489. The van der Waals surface area contributed by atoms with Crippen LogP contribution in [0.25, 0.3) is 0 Å². The fraction of sp³-hybridized carbons (Fsp3) is 0.353. The highest BCUT2D eigenvalue weighted by Gasteiger charge is 2.24. The third-order valence-electron chi connectivity index (χ3n) is 7.20. The fourth-order valence-electron chi connectivity index (χ4n) is 5.00. The van der Waals surface area contributed by atoms with Gasteiger partial charge in [0.25, 0.3) is 5.91 Å². The van der Waals surface area contributed by atoms with E-state index < -0.39 is 24.2 Å². The Morgan fingerprint density at radius 2 is 1.65 bits per heavy atom. The number of carboxylic acids is 1. The van der Waals surface area contributed by atoms with Crippen molar-refractivity contribution in [1.29, 1.82) is 0 Å². The monoisotopic (exact) mass is 632 g/mol. The van der Waals surface area contributed by atoms with Crippen LogP contribution in [0.15, 0.2) is 66.7 Å². The number of hydrogen-bond donors (Lipinski definition) is 3. The van der Waals surface area contributed by atoms with E-state index in [2.05, 4.69) is 10.6 Å². The summed E-state index contributed by atoms with van der Waals surface area (Å²) in [5.74, 6) is -1.37. The molecule has 46 heavy (non-hydrogen) atoms. The number of aryl methyl sites for hydroxylation is 2. The van der Waals surface area contributed by atoms with Crippen LogP contribution in [0, 0.1) is 13.8 Å². The van der Waals surface area contributed by atoms with E-state index in [0.29, 0.717) is 42.3 Å². The smallest absolute Gasteiger partial charge is 0.319 e. The van der Waals surface area contributed by atoms with Crippen LogP contribution in [-0.4, -0.2) is 75.2 Å². The lowest BCUT2D eigenvalue weighted by molar-refractivity contribution is -0.179. The molecular weight excluding hydrogens is 592 g/mol. The summed E-state index contributed by atoms with van der Waals surface area (Å²) in [4.78, 5) is 53.4. The van der Waals surface area contributed by atoms with E-state index in [1.165, 1.54) is 9.80 Å². The summed E-state index contributed by atoms with van der Waals surface area (Å²) in [5, 5.41) is 14.2. The number of benzene rings is 3. The molecule has 0 aliphatic carbocycles. The molecule has 0 atom stereocenters. The van der Waals surface area contributed by atoms with Crippen molar-refractivity contribution >= 4 is 40.9 Å². The zero-order chi connectivity index (χ0) is 33.1. The van der Waals surface area contributed by atoms with Crippen molar-refractivity contribution in [2.24, 2.45) is 0 Å². The zero-order valence-electron chi connectivity index (χ0n) is 26.3. The fourth-order valence-corrected chi connectivity index (χ4v) is 5.00. The van der Waals surface area contributed by atoms with E-state index in [-0.39, 0.29) is 32.0 Å². The minimum atomic E-state index is -0.988. The molecule has 0 unspecified atom stereocenters. The van der Waals surface area contributed by atoms with Gasteiger partial charge in [-0.25, -0.2) is 4.79 Å². The van der Waals surface area contributed by atoms with Crippen LogP contribution in [0.5, 0.6) is 5.75 Å². The van der Waals surface area contributed by atoms with Crippen molar-refractivity contribution in [3.8, 4) is 5.75 Å². The second-order valence-corrected chi connectivity index (χ2v) is 11.0. The lowest BCUT2D eigenvalue weighted by Gasteiger charge is -2.29. The van der Waals surface area contributed by atoms with Gasteiger partial charge in [0, 0.05) is 31.4 Å². The molecule has 0 saturated carbocycles. The summed E-state index contributed by atoms with van der Waals surface area (Å²) in [5.41, 5.74) is 4.16. The standard InChI is InChI=1S/C34H40N4O8/c1-23-16-24(2)18-27(17-23)37(3)31(40)22-46-29-11-5-4-10-28(29)38(13-12-33-44-14-7-15-45-33)30(39)21-35-34(43)36-26-9-6-8-25(19-26)20-32(41)42/h4-6,8-11,16-19,33H,7,12-15,20-22H2,1-3H3,(H,41,42)(H2,35,36,43). The molecule has 1 heterocycles. The first-order chi connectivity index (χ1) is 22.1. The number of likely N-dealkylation sites (N-methyl/N-ethyl adjacent to an activating group) is 1. The molecule has 3 N–H and O–H groups in total. The number of carbonyl (C=O) groups is 4. The van der Waals surface area contributed by atoms with Gasteiger partial charge >= 0.3 is 12.0 Å². The molecule has 4 rings (SSSR count). The van der Waals surface area contributed by atoms with Crippen LogP contribution in [0.3, 0.4) is 0 Å². The van der Waals surface area contributed by atoms with Gasteiger partial charge in [0.2, 0.25) is 5.91 Å². The number of rotatable bonds is 13. The van der Waals surface area contributed by atoms with Gasteiger partial charge < -0.3 is 39.8 Å². The van der Waals surface area contributed by atoms with Crippen LogP contribution in [0.2, 0.25) is 0 Å². The first-order valence-corrected chi connectivity index (χ1v) is 15.0. The van der Waals surface area contributed by atoms with Gasteiger partial charge in [-0.3, -0.25) is 14.4 Å². The lowest BCUT2D eigenvalue weighted by Crippen LogP contribution is -2.43. The number of amides is 4. The molecule has 0 aromatic heterocycles. The van der Waals surface area contributed by atoms with E-state index in [1.807, 2.05) is 32.0 Å². The first kappa shape index (κ1) is 33.9. The maximum absolute atomic E-state index is 13.6. The van der Waals surface area contributed by atoms with Crippen molar-refractivity contribution in [3.05, 3.63) is 83.4 Å². The number of ether oxygens (including phenoxy) is 3. The molecule has 3 aromatic carbocycles. The number of anilines is 3. The number of aliphatic carboxylic acids is 1. The molecule has 1 aliphatic heterocycles. The normalized spacial score (nSPS) is 13.0. The maximum Gasteiger partial charge on any atom is 0.319 e. The SMILES string of the molecule is Cc1cc(C)cc(N(C)C(=O)COc2ccccc2N(CCC2OCCCO2)C(=O)CNC(=O)Nc2cccc(CC(=O)O)c2)c1. The highest BCUT2D eigenvalue weighted by molar-refractivity contribution is 5.99. The largest absolute Gasteiger partial charge is 0.482 e. The quantitative estimate of drug-likeness (QED) is 0.253. The lowest BCUT2D eigenvalue weighted by atomic mass is 10.1. The number of carbonyl (C=O) groups excluding carboxylic acids is 3. The van der Waals surface area contributed by atoms with Crippen LogP contribution in [0.1, 0.15) is 29.5 Å². The molecule has 3 aromatic rings. The molecule has 1 saturated heterocycles. The number of para-hydroxylation sites is 2. The van der Waals surface area contributed by atoms with Crippen molar-refractivity contribution in [1.82, 2.24) is 5.32 Å². The van der Waals surface area contributed by atoms with Crippen molar-refractivity contribution in [2.75, 3.05) is 55.1 Å². The number of nitrogens with one attached hydrogen (secondary N) is 2. The third kappa shape index (κ3) is 10.0. The molecule has 0 radical (unpaired) electrons. The number of nitrogens with zero attached hydrogens (tertiary/aromatic N) is 2. The second-order valence-electron chi connectivity index (χ2n) is 11.0. The van der Waals surface area contributed by atoms with Crippen LogP contribution in [0.4, 0.5) is 21.9 Å². The summed E-state index contributed by atoms with van der Waals surface area (Å²) in [6, 6.07) is 18.6. The Kier molecular flexibility index (Phi) is 12.1. The molecule has 1 aliphatic rings. The molecule has 1 fully saturated rings. The van der Waals surface area contributed by atoms with Crippen molar-refractivity contribution in [2.45, 2.75) is 39.4 Å². The van der Waals surface area contributed by atoms with Crippen LogP contribution in [-0.2, 0) is 30.3 Å². The summed E-state index contributed by atoms with van der Waals surface area (Å²) < 4.78 is 17.3. The molecule has 4 amide bonds. The average molecular weight is 633 g/mol. The summed E-state index contributed by atoms with van der Waals surface area (Å²) in [6.45, 7) is 4.63. The molecule has 12 heteroatoms. The minimum absolute atomic E-state index is 0.187. The topological polar surface area (TPSA) is 147 Å². The zero-order valence-corrected chi connectivity index (χ0v) is 26.3. The summed E-state index contributed by atoms with van der Waals surface area (Å²) in [7, 11) is 1.69. The van der Waals surface area contributed by atoms with Gasteiger partial charge in [-0.2, -0.15) is 0 Å². The summed E-state index contributed by atoms with van der Waals surface area (Å²) >= 11 is 0. The predicted octanol–water partition coefficient (Wildman–Crippen LogP) is 4.28. The first-order valence-electron chi connectivity index (χ1n) is 15.0. The molecule has 12 nitrogen and oxygen atoms in total. The van der Waals surface area contributed by atoms with Crippen LogP contribution < -0.4 is 25.2 Å².